The summed E-state index contributed by atoms with van der Waals surface area (Å²) >= 11 is 0. The van der Waals surface area contributed by atoms with Gasteiger partial charge in [-0.15, -0.1) is 0 Å². The molecule has 0 bridgehead atoms. The molecule has 0 amide bonds. The largest absolute Gasteiger partial charge is 0.478 e. The Hall–Kier alpha value is -1.61. The zero-order chi connectivity index (χ0) is 10.4. The number of allylic oxidation sites excluding steroid dienone is 5. The van der Waals surface area contributed by atoms with Crippen LogP contribution in [0.2, 0.25) is 0 Å². The van der Waals surface area contributed by atoms with Crippen LogP contribution in [0.25, 0.3) is 0 Å². The second-order valence-corrected chi connectivity index (χ2v) is 2.78. The second-order valence-electron chi connectivity index (χ2n) is 2.78. The molecule has 0 radical (unpaired) electrons. The van der Waals surface area contributed by atoms with E-state index in [4.69, 9.17) is 9.84 Å². The van der Waals surface area contributed by atoms with Crippen molar-refractivity contribution in [3.05, 3.63) is 48.1 Å². The molecular formula is C11H12O3. The van der Waals surface area contributed by atoms with E-state index in [9.17, 15) is 4.79 Å². The maximum atomic E-state index is 10.3. The van der Waals surface area contributed by atoms with Crippen molar-refractivity contribution in [2.45, 2.75) is 6.10 Å². The molecule has 1 unspecified atom stereocenters. The predicted octanol–water partition coefficient (Wildman–Crippen LogP) is 1.69. The van der Waals surface area contributed by atoms with E-state index in [0.29, 0.717) is 0 Å². The first-order valence-corrected chi connectivity index (χ1v) is 4.23. The first-order valence-electron chi connectivity index (χ1n) is 4.23. The molecule has 0 aliphatic heterocycles. The summed E-state index contributed by atoms with van der Waals surface area (Å²) < 4.78 is 5.10. The Morgan fingerprint density at radius 1 is 1.57 bits per heavy atom. The summed E-state index contributed by atoms with van der Waals surface area (Å²) in [4.78, 5) is 10.3. The van der Waals surface area contributed by atoms with E-state index in [1.165, 1.54) is 0 Å². The van der Waals surface area contributed by atoms with Crippen molar-refractivity contribution in [2.24, 2.45) is 0 Å². The Bertz CT molecular complexity index is 321. The van der Waals surface area contributed by atoms with Crippen molar-refractivity contribution in [3.8, 4) is 0 Å². The third-order valence-corrected chi connectivity index (χ3v) is 1.76. The normalized spacial score (nSPS) is 20.9. The van der Waals surface area contributed by atoms with Crippen LogP contribution in [0.1, 0.15) is 0 Å². The van der Waals surface area contributed by atoms with E-state index < -0.39 is 5.97 Å². The molecular weight excluding hydrogens is 180 g/mol. The topological polar surface area (TPSA) is 46.5 Å². The maximum absolute atomic E-state index is 10.3. The number of rotatable bonds is 3. The van der Waals surface area contributed by atoms with Gasteiger partial charge in [0.25, 0.3) is 0 Å². The number of hydrogen-bond acceptors (Lipinski definition) is 2. The van der Waals surface area contributed by atoms with Gasteiger partial charge in [0, 0.05) is 13.2 Å². The Morgan fingerprint density at radius 2 is 2.36 bits per heavy atom. The molecule has 0 spiro atoms. The summed E-state index contributed by atoms with van der Waals surface area (Å²) in [7, 11) is 1.62. The van der Waals surface area contributed by atoms with Gasteiger partial charge in [0.15, 0.2) is 0 Å². The van der Waals surface area contributed by atoms with Gasteiger partial charge in [-0.25, -0.2) is 4.79 Å². The minimum absolute atomic E-state index is 0.0398. The quantitative estimate of drug-likeness (QED) is 0.692. The highest BCUT2D eigenvalue weighted by molar-refractivity contribution is 5.80. The molecule has 1 N–H and O–H groups in total. The van der Waals surface area contributed by atoms with Gasteiger partial charge in [0.1, 0.15) is 0 Å². The molecule has 14 heavy (non-hydrogen) atoms. The van der Waals surface area contributed by atoms with E-state index in [0.717, 1.165) is 11.6 Å². The molecule has 0 aromatic carbocycles. The molecule has 1 aliphatic carbocycles. The molecule has 0 saturated carbocycles. The van der Waals surface area contributed by atoms with Crippen molar-refractivity contribution < 1.29 is 14.6 Å². The molecule has 1 atom stereocenters. The average Bonchev–Trinajstić information content (AvgIpc) is 2.39. The maximum Gasteiger partial charge on any atom is 0.328 e. The number of methoxy groups -OCH3 is 1. The van der Waals surface area contributed by atoms with Crippen LogP contribution >= 0.6 is 0 Å². The molecule has 0 aromatic rings. The van der Waals surface area contributed by atoms with Crippen LogP contribution in [-0.2, 0) is 9.53 Å². The molecule has 0 saturated heterocycles. The molecule has 1 rings (SSSR count). The van der Waals surface area contributed by atoms with E-state index >= 15 is 0 Å². The molecule has 3 nitrogen and oxygen atoms in total. The summed E-state index contributed by atoms with van der Waals surface area (Å²) in [5.74, 6) is -0.948. The number of hydrogen-bond donors (Lipinski definition) is 1. The fourth-order valence-electron chi connectivity index (χ4n) is 1.04. The van der Waals surface area contributed by atoms with E-state index in [1.54, 1.807) is 13.2 Å². The smallest absolute Gasteiger partial charge is 0.328 e. The van der Waals surface area contributed by atoms with Gasteiger partial charge in [-0.2, -0.15) is 0 Å². The van der Waals surface area contributed by atoms with Crippen molar-refractivity contribution >= 4 is 5.97 Å². The van der Waals surface area contributed by atoms with Gasteiger partial charge in [-0.05, 0) is 11.6 Å². The van der Waals surface area contributed by atoms with E-state index in [2.05, 4.69) is 0 Å². The van der Waals surface area contributed by atoms with Crippen LogP contribution in [-0.4, -0.2) is 24.3 Å². The van der Waals surface area contributed by atoms with E-state index in [-0.39, 0.29) is 6.10 Å². The fraction of sp³-hybridized carbons (Fsp3) is 0.182. The molecule has 3 heteroatoms. The Morgan fingerprint density at radius 3 is 3.00 bits per heavy atom. The first kappa shape index (κ1) is 10.5. The molecule has 74 valence electrons. The first-order chi connectivity index (χ1) is 6.72. The number of aliphatic carboxylic acids is 1. The minimum Gasteiger partial charge on any atom is -0.478 e. The van der Waals surface area contributed by atoms with Crippen LogP contribution in [0.3, 0.4) is 0 Å². The molecule has 0 heterocycles. The van der Waals surface area contributed by atoms with Crippen LogP contribution in [0.15, 0.2) is 48.1 Å². The lowest BCUT2D eigenvalue weighted by Crippen LogP contribution is -2.00. The monoisotopic (exact) mass is 192 g/mol. The van der Waals surface area contributed by atoms with Gasteiger partial charge >= 0.3 is 5.97 Å². The highest BCUT2D eigenvalue weighted by Gasteiger charge is 1.98. The van der Waals surface area contributed by atoms with Crippen LogP contribution in [0.4, 0.5) is 0 Å². The van der Waals surface area contributed by atoms with Crippen LogP contribution in [0, 0.1) is 0 Å². The SMILES string of the molecule is COC1C=CC=C(/C=C/C(=O)O)C=C1. The Kier molecular flexibility index (Phi) is 3.88. The van der Waals surface area contributed by atoms with Crippen molar-refractivity contribution in [3.63, 3.8) is 0 Å². The van der Waals surface area contributed by atoms with Gasteiger partial charge in [0.05, 0.1) is 6.10 Å². The minimum atomic E-state index is -0.948. The highest BCUT2D eigenvalue weighted by atomic mass is 16.5. The molecule has 0 aromatic heterocycles. The summed E-state index contributed by atoms with van der Waals surface area (Å²) in [6, 6.07) is 0. The lowest BCUT2D eigenvalue weighted by Gasteiger charge is -2.01. The van der Waals surface area contributed by atoms with Gasteiger partial charge in [-0.1, -0.05) is 30.4 Å². The van der Waals surface area contributed by atoms with Crippen LogP contribution < -0.4 is 0 Å². The third-order valence-electron chi connectivity index (χ3n) is 1.76. The standard InChI is InChI=1S/C11H12O3/c1-14-10-4-2-3-9(5-7-10)6-8-11(12)13/h2-8,10H,1H3,(H,12,13)/b8-6+. The van der Waals surface area contributed by atoms with E-state index in [1.807, 2.05) is 30.4 Å². The lowest BCUT2D eigenvalue weighted by atomic mass is 10.2. The zero-order valence-electron chi connectivity index (χ0n) is 7.88. The van der Waals surface area contributed by atoms with Gasteiger partial charge < -0.3 is 9.84 Å². The molecule has 1 aliphatic rings. The third kappa shape index (κ3) is 3.41. The Labute approximate surface area is 82.7 Å². The number of carboxylic acid groups (broad SMARTS) is 1. The number of carboxylic acids is 1. The summed E-state index contributed by atoms with van der Waals surface area (Å²) in [5, 5.41) is 8.43. The summed E-state index contributed by atoms with van der Waals surface area (Å²) in [5.41, 5.74) is 0.836. The number of carbonyl (C=O) groups is 1. The lowest BCUT2D eigenvalue weighted by molar-refractivity contribution is -0.131. The predicted molar refractivity (Wildman–Crippen MR) is 53.9 cm³/mol. The van der Waals surface area contributed by atoms with Crippen molar-refractivity contribution in [2.75, 3.05) is 7.11 Å². The number of ether oxygens (including phenoxy) is 1. The van der Waals surface area contributed by atoms with Crippen molar-refractivity contribution in [1.82, 2.24) is 0 Å². The summed E-state index contributed by atoms with van der Waals surface area (Å²) in [6.45, 7) is 0. The highest BCUT2D eigenvalue weighted by Crippen LogP contribution is 2.08. The van der Waals surface area contributed by atoms with Crippen LogP contribution in [0.5, 0.6) is 0 Å². The summed E-state index contributed by atoms with van der Waals surface area (Å²) in [6.07, 6.45) is 11.9. The fourth-order valence-corrected chi connectivity index (χ4v) is 1.04. The van der Waals surface area contributed by atoms with Crippen molar-refractivity contribution in [1.29, 1.82) is 0 Å². The van der Waals surface area contributed by atoms with Gasteiger partial charge in [0.2, 0.25) is 0 Å². The molecule has 0 fully saturated rings. The average molecular weight is 192 g/mol. The second kappa shape index (κ2) is 5.19. The van der Waals surface area contributed by atoms with Gasteiger partial charge in [-0.3, -0.25) is 0 Å². The zero-order valence-corrected chi connectivity index (χ0v) is 7.88. The Balaban J connectivity index is 2.69.